The number of oxazole rings is 1. The number of carbonyl (C=O) groups is 1. The van der Waals surface area contributed by atoms with Gasteiger partial charge < -0.3 is 19.5 Å². The zero-order valence-electron chi connectivity index (χ0n) is 17.2. The third-order valence-corrected chi connectivity index (χ3v) is 6.22. The summed E-state index contributed by atoms with van der Waals surface area (Å²) in [5.41, 5.74) is 3.77. The van der Waals surface area contributed by atoms with Gasteiger partial charge in [-0.25, -0.2) is 0 Å². The maximum absolute atomic E-state index is 13.1. The minimum atomic E-state index is 0.114. The van der Waals surface area contributed by atoms with Crippen LogP contribution in [-0.4, -0.2) is 55.1 Å². The lowest BCUT2D eigenvalue weighted by molar-refractivity contribution is 0.0767. The topological polar surface area (TPSA) is 61.6 Å². The molecule has 2 aliphatic rings. The molecule has 1 atom stereocenters. The maximum Gasteiger partial charge on any atom is 0.298 e. The number of anilines is 1. The Morgan fingerprint density at radius 1 is 1.07 bits per heavy atom. The number of amides is 1. The van der Waals surface area contributed by atoms with Gasteiger partial charge in [0.15, 0.2) is 5.58 Å². The monoisotopic (exact) mass is 404 g/mol. The molecule has 2 aromatic carbocycles. The Hall–Kier alpha value is -2.86. The Labute approximate surface area is 176 Å². The van der Waals surface area contributed by atoms with Gasteiger partial charge in [0.1, 0.15) is 5.52 Å². The van der Waals surface area contributed by atoms with Gasteiger partial charge in [-0.2, -0.15) is 4.98 Å². The van der Waals surface area contributed by atoms with Crippen LogP contribution in [0.25, 0.3) is 11.1 Å². The standard InChI is InChI=1S/C24H28N4O2/c29-23(20-8-6-18(7-9-20)16-19-10-11-25-17-19)27-12-3-13-28(15-14-27)24-26-21-4-1-2-5-22(21)30-24/h1-2,4-9,19,25H,3,10-17H2. The van der Waals surface area contributed by atoms with Gasteiger partial charge in [-0.05, 0) is 68.1 Å². The minimum Gasteiger partial charge on any atom is -0.423 e. The molecule has 0 saturated carbocycles. The molecular weight excluding hydrogens is 376 g/mol. The van der Waals surface area contributed by atoms with E-state index in [1.807, 2.05) is 41.3 Å². The van der Waals surface area contributed by atoms with Gasteiger partial charge in [0, 0.05) is 31.7 Å². The van der Waals surface area contributed by atoms with Crippen LogP contribution < -0.4 is 10.2 Å². The largest absolute Gasteiger partial charge is 0.423 e. The Balaban J connectivity index is 1.22. The van der Waals surface area contributed by atoms with Crippen LogP contribution in [0.1, 0.15) is 28.8 Å². The quantitative estimate of drug-likeness (QED) is 0.723. The minimum absolute atomic E-state index is 0.114. The Morgan fingerprint density at radius 3 is 2.73 bits per heavy atom. The van der Waals surface area contributed by atoms with Crippen molar-refractivity contribution in [1.82, 2.24) is 15.2 Å². The molecule has 2 fully saturated rings. The third kappa shape index (κ3) is 4.05. The number of hydrogen-bond donors (Lipinski definition) is 1. The summed E-state index contributed by atoms with van der Waals surface area (Å²) in [6.45, 7) is 5.22. The number of fused-ring (bicyclic) bond motifs is 1. The van der Waals surface area contributed by atoms with E-state index >= 15 is 0 Å². The fraction of sp³-hybridized carbons (Fsp3) is 0.417. The van der Waals surface area contributed by atoms with E-state index in [2.05, 4.69) is 27.3 Å². The summed E-state index contributed by atoms with van der Waals surface area (Å²) in [7, 11) is 0. The average Bonchev–Trinajstić information content (AvgIpc) is 3.38. The van der Waals surface area contributed by atoms with Crippen molar-refractivity contribution in [1.29, 1.82) is 0 Å². The van der Waals surface area contributed by atoms with E-state index in [1.165, 1.54) is 12.0 Å². The second kappa shape index (κ2) is 8.48. The predicted molar refractivity (Wildman–Crippen MR) is 118 cm³/mol. The van der Waals surface area contributed by atoms with Gasteiger partial charge in [-0.3, -0.25) is 4.79 Å². The average molecular weight is 405 g/mol. The van der Waals surface area contributed by atoms with E-state index in [9.17, 15) is 4.79 Å². The molecule has 156 valence electrons. The van der Waals surface area contributed by atoms with Gasteiger partial charge in [0.05, 0.1) is 0 Å². The third-order valence-electron chi connectivity index (χ3n) is 6.22. The summed E-state index contributed by atoms with van der Waals surface area (Å²) in [5, 5.41) is 3.42. The molecule has 3 heterocycles. The van der Waals surface area contributed by atoms with Crippen LogP contribution >= 0.6 is 0 Å². The van der Waals surface area contributed by atoms with Gasteiger partial charge in [0.25, 0.3) is 11.9 Å². The highest BCUT2D eigenvalue weighted by Gasteiger charge is 2.23. The van der Waals surface area contributed by atoms with E-state index in [0.29, 0.717) is 12.6 Å². The summed E-state index contributed by atoms with van der Waals surface area (Å²) in [6, 6.07) is 16.7. The lowest BCUT2D eigenvalue weighted by Gasteiger charge is -2.21. The van der Waals surface area contributed by atoms with Crippen LogP contribution in [0.4, 0.5) is 6.01 Å². The fourth-order valence-corrected chi connectivity index (χ4v) is 4.50. The zero-order valence-corrected chi connectivity index (χ0v) is 17.2. The summed E-state index contributed by atoms with van der Waals surface area (Å²) < 4.78 is 5.92. The number of nitrogens with zero attached hydrogens (tertiary/aromatic N) is 3. The first-order chi connectivity index (χ1) is 14.8. The zero-order chi connectivity index (χ0) is 20.3. The molecule has 0 aliphatic carbocycles. The Bertz CT molecular complexity index is 974. The van der Waals surface area contributed by atoms with Crippen molar-refractivity contribution >= 4 is 23.0 Å². The first kappa shape index (κ1) is 19.1. The molecule has 3 aromatic rings. The van der Waals surface area contributed by atoms with Crippen LogP contribution in [0.5, 0.6) is 0 Å². The fourth-order valence-electron chi connectivity index (χ4n) is 4.50. The Kier molecular flexibility index (Phi) is 5.41. The van der Waals surface area contributed by atoms with E-state index in [1.54, 1.807) is 0 Å². The van der Waals surface area contributed by atoms with Crippen LogP contribution in [0.15, 0.2) is 52.9 Å². The molecule has 30 heavy (non-hydrogen) atoms. The summed E-state index contributed by atoms with van der Waals surface area (Å²) in [4.78, 5) is 21.8. The maximum atomic E-state index is 13.1. The first-order valence-electron chi connectivity index (χ1n) is 11.0. The van der Waals surface area contributed by atoms with Gasteiger partial charge in [0.2, 0.25) is 0 Å². The lowest BCUT2D eigenvalue weighted by Crippen LogP contribution is -2.35. The number of aromatic nitrogens is 1. The molecule has 0 bridgehead atoms. The molecule has 5 rings (SSSR count). The first-order valence-corrected chi connectivity index (χ1v) is 11.0. The molecule has 2 saturated heterocycles. The van der Waals surface area contributed by atoms with Crippen LogP contribution in [0, 0.1) is 5.92 Å². The smallest absolute Gasteiger partial charge is 0.298 e. The van der Waals surface area contributed by atoms with Gasteiger partial charge in [-0.1, -0.05) is 24.3 Å². The second-order valence-corrected chi connectivity index (χ2v) is 8.36. The molecule has 6 heteroatoms. The SMILES string of the molecule is O=C(c1ccc(CC2CCNC2)cc1)N1CCCN(c2nc3ccccc3o2)CC1. The van der Waals surface area contributed by atoms with Crippen molar-refractivity contribution in [3.05, 3.63) is 59.7 Å². The number of rotatable bonds is 4. The molecule has 1 aromatic heterocycles. The summed E-state index contributed by atoms with van der Waals surface area (Å²) >= 11 is 0. The lowest BCUT2D eigenvalue weighted by atomic mass is 9.98. The second-order valence-electron chi connectivity index (χ2n) is 8.36. The molecule has 1 amide bonds. The highest BCUT2D eigenvalue weighted by molar-refractivity contribution is 5.94. The van der Waals surface area contributed by atoms with Crippen molar-refractivity contribution in [2.75, 3.05) is 44.2 Å². The number of hydrogen-bond acceptors (Lipinski definition) is 5. The van der Waals surface area contributed by atoms with Crippen molar-refractivity contribution in [3.63, 3.8) is 0 Å². The molecule has 0 radical (unpaired) electrons. The van der Waals surface area contributed by atoms with Crippen molar-refractivity contribution in [2.45, 2.75) is 19.3 Å². The summed E-state index contributed by atoms with van der Waals surface area (Å²) in [6.07, 6.45) is 3.23. The highest BCUT2D eigenvalue weighted by Crippen LogP contribution is 2.23. The molecule has 1 unspecified atom stereocenters. The van der Waals surface area contributed by atoms with Crippen LogP contribution in [0.2, 0.25) is 0 Å². The molecule has 0 spiro atoms. The van der Waals surface area contributed by atoms with Crippen LogP contribution in [-0.2, 0) is 6.42 Å². The van der Waals surface area contributed by atoms with Crippen molar-refractivity contribution in [3.8, 4) is 0 Å². The summed E-state index contributed by atoms with van der Waals surface area (Å²) in [5.74, 6) is 0.832. The van der Waals surface area contributed by atoms with Crippen molar-refractivity contribution in [2.24, 2.45) is 5.92 Å². The van der Waals surface area contributed by atoms with Crippen LogP contribution in [0.3, 0.4) is 0 Å². The molecule has 2 aliphatic heterocycles. The normalized spacial score (nSPS) is 19.9. The van der Waals surface area contributed by atoms with Crippen molar-refractivity contribution < 1.29 is 9.21 Å². The van der Waals surface area contributed by atoms with E-state index < -0.39 is 0 Å². The highest BCUT2D eigenvalue weighted by atomic mass is 16.4. The predicted octanol–water partition coefficient (Wildman–Crippen LogP) is 3.33. The van der Waals surface area contributed by atoms with Gasteiger partial charge >= 0.3 is 0 Å². The number of carbonyl (C=O) groups excluding carboxylic acids is 1. The number of para-hydroxylation sites is 2. The van der Waals surface area contributed by atoms with E-state index in [0.717, 1.165) is 68.1 Å². The molecule has 6 nitrogen and oxygen atoms in total. The Morgan fingerprint density at radius 2 is 1.93 bits per heavy atom. The van der Waals surface area contributed by atoms with E-state index in [4.69, 9.17) is 4.42 Å². The van der Waals surface area contributed by atoms with E-state index in [-0.39, 0.29) is 5.91 Å². The number of nitrogens with one attached hydrogen (secondary N) is 1. The number of benzene rings is 2. The van der Waals surface area contributed by atoms with Gasteiger partial charge in [-0.15, -0.1) is 0 Å². The molecular formula is C24H28N4O2. The molecule has 1 N–H and O–H groups in total.